The van der Waals surface area contributed by atoms with E-state index >= 15 is 0 Å². The zero-order valence-corrected chi connectivity index (χ0v) is 18.1. The number of benzene rings is 3. The highest BCUT2D eigenvalue weighted by Crippen LogP contribution is 2.30. The number of para-hydroxylation sites is 2. The first-order valence-electron chi connectivity index (χ1n) is 9.93. The van der Waals surface area contributed by atoms with E-state index in [9.17, 15) is 4.79 Å². The normalized spacial score (nSPS) is 11.6. The van der Waals surface area contributed by atoms with Crippen LogP contribution in [-0.2, 0) is 16.8 Å². The Morgan fingerprint density at radius 1 is 0.967 bits per heavy atom. The van der Waals surface area contributed by atoms with Crippen LogP contribution < -0.4 is 5.32 Å². The Morgan fingerprint density at radius 3 is 2.33 bits per heavy atom. The van der Waals surface area contributed by atoms with Crippen molar-refractivity contribution in [3.05, 3.63) is 83.4 Å². The summed E-state index contributed by atoms with van der Waals surface area (Å²) < 4.78 is 1.91. The van der Waals surface area contributed by atoms with Crippen LogP contribution >= 0.6 is 11.6 Å². The van der Waals surface area contributed by atoms with Gasteiger partial charge in [0.25, 0.3) is 0 Å². The van der Waals surface area contributed by atoms with Crippen LogP contribution in [0.2, 0.25) is 5.02 Å². The third kappa shape index (κ3) is 4.10. The van der Waals surface area contributed by atoms with Crippen molar-refractivity contribution in [2.24, 2.45) is 0 Å². The number of anilines is 1. The largest absolute Gasteiger partial charge is 0.325 e. The maximum atomic E-state index is 12.9. The molecule has 4 nitrogen and oxygen atoms in total. The molecule has 1 aromatic heterocycles. The zero-order valence-electron chi connectivity index (χ0n) is 17.3. The second-order valence-electron chi connectivity index (χ2n) is 8.37. The number of hydrogen-bond acceptors (Lipinski definition) is 2. The Labute approximate surface area is 181 Å². The summed E-state index contributed by atoms with van der Waals surface area (Å²) in [5.74, 6) is 0.565. The average molecular weight is 418 g/mol. The van der Waals surface area contributed by atoms with Crippen LogP contribution in [0.15, 0.2) is 72.8 Å². The van der Waals surface area contributed by atoms with E-state index in [-0.39, 0.29) is 17.9 Å². The summed E-state index contributed by atoms with van der Waals surface area (Å²) in [5.41, 5.74) is 4.60. The Hall–Kier alpha value is -3.11. The lowest BCUT2D eigenvalue weighted by Crippen LogP contribution is -2.19. The third-order valence-corrected chi connectivity index (χ3v) is 5.44. The lowest BCUT2D eigenvalue weighted by Gasteiger charge is -2.19. The van der Waals surface area contributed by atoms with Crippen LogP contribution in [0.4, 0.5) is 5.69 Å². The van der Waals surface area contributed by atoms with Gasteiger partial charge in [-0.25, -0.2) is 4.98 Å². The Kier molecular flexibility index (Phi) is 5.35. The summed E-state index contributed by atoms with van der Waals surface area (Å²) in [7, 11) is 0. The van der Waals surface area contributed by atoms with Crippen molar-refractivity contribution in [1.29, 1.82) is 0 Å². The first-order valence-corrected chi connectivity index (χ1v) is 10.3. The van der Waals surface area contributed by atoms with Gasteiger partial charge >= 0.3 is 0 Å². The second kappa shape index (κ2) is 7.96. The molecular formula is C25H24ClN3O. The van der Waals surface area contributed by atoms with Gasteiger partial charge < -0.3 is 9.88 Å². The molecule has 1 heterocycles. The van der Waals surface area contributed by atoms with Crippen LogP contribution in [-0.4, -0.2) is 15.5 Å². The molecule has 0 radical (unpaired) electrons. The standard InChI is InChI=1S/C25H24ClN3O/c1-25(2,3)17-12-14-18(15-13-17)27-23(30)16-29-22-11-7-6-10-21(22)28-24(29)19-8-4-5-9-20(19)26/h4-15H,16H2,1-3H3,(H,27,30). The van der Waals surface area contributed by atoms with Gasteiger partial charge in [0.2, 0.25) is 5.91 Å². The van der Waals surface area contributed by atoms with Crippen molar-refractivity contribution < 1.29 is 4.79 Å². The fourth-order valence-electron chi connectivity index (χ4n) is 3.48. The van der Waals surface area contributed by atoms with Crippen molar-refractivity contribution in [3.63, 3.8) is 0 Å². The van der Waals surface area contributed by atoms with E-state index in [1.165, 1.54) is 5.56 Å². The van der Waals surface area contributed by atoms with Crippen LogP contribution in [0, 0.1) is 0 Å². The maximum absolute atomic E-state index is 12.9. The molecule has 0 saturated carbocycles. The van der Waals surface area contributed by atoms with Gasteiger partial charge in [0.1, 0.15) is 12.4 Å². The Morgan fingerprint density at radius 2 is 1.63 bits per heavy atom. The van der Waals surface area contributed by atoms with Crippen molar-refractivity contribution in [2.75, 3.05) is 5.32 Å². The molecule has 152 valence electrons. The lowest BCUT2D eigenvalue weighted by molar-refractivity contribution is -0.116. The van der Waals surface area contributed by atoms with Crippen LogP contribution in [0.5, 0.6) is 0 Å². The molecule has 4 aromatic rings. The van der Waals surface area contributed by atoms with E-state index in [0.29, 0.717) is 10.8 Å². The van der Waals surface area contributed by atoms with Crippen molar-refractivity contribution in [2.45, 2.75) is 32.7 Å². The number of nitrogens with zero attached hydrogens (tertiary/aromatic N) is 2. The van der Waals surface area contributed by atoms with E-state index in [0.717, 1.165) is 22.3 Å². The van der Waals surface area contributed by atoms with E-state index < -0.39 is 0 Å². The van der Waals surface area contributed by atoms with E-state index in [2.05, 4.69) is 38.2 Å². The minimum absolute atomic E-state index is 0.0715. The number of nitrogens with one attached hydrogen (secondary N) is 1. The zero-order chi connectivity index (χ0) is 21.3. The maximum Gasteiger partial charge on any atom is 0.244 e. The minimum Gasteiger partial charge on any atom is -0.325 e. The van der Waals surface area contributed by atoms with Gasteiger partial charge in [0, 0.05) is 11.3 Å². The topological polar surface area (TPSA) is 46.9 Å². The minimum atomic E-state index is -0.116. The molecule has 0 aliphatic rings. The number of rotatable bonds is 4. The summed E-state index contributed by atoms with van der Waals surface area (Å²) in [6, 6.07) is 23.3. The van der Waals surface area contributed by atoms with Crippen LogP contribution in [0.3, 0.4) is 0 Å². The van der Waals surface area contributed by atoms with E-state index in [4.69, 9.17) is 16.6 Å². The molecule has 1 N–H and O–H groups in total. The van der Waals surface area contributed by atoms with Crippen LogP contribution in [0.1, 0.15) is 26.3 Å². The molecule has 0 fully saturated rings. The van der Waals surface area contributed by atoms with Crippen molar-refractivity contribution >= 4 is 34.2 Å². The smallest absolute Gasteiger partial charge is 0.244 e. The molecule has 1 amide bonds. The van der Waals surface area contributed by atoms with E-state index in [1.807, 2.05) is 65.2 Å². The van der Waals surface area contributed by atoms with Gasteiger partial charge in [-0.05, 0) is 47.4 Å². The summed E-state index contributed by atoms with van der Waals surface area (Å²) >= 11 is 6.42. The molecule has 0 aliphatic carbocycles. The van der Waals surface area contributed by atoms with Gasteiger partial charge in [-0.3, -0.25) is 4.79 Å². The molecule has 0 spiro atoms. The molecular weight excluding hydrogens is 394 g/mol. The van der Waals surface area contributed by atoms with E-state index in [1.54, 1.807) is 0 Å². The molecule has 30 heavy (non-hydrogen) atoms. The fourth-order valence-corrected chi connectivity index (χ4v) is 3.70. The first kappa shape index (κ1) is 20.2. The highest BCUT2D eigenvalue weighted by atomic mass is 35.5. The van der Waals surface area contributed by atoms with Gasteiger partial charge in [0.15, 0.2) is 0 Å². The average Bonchev–Trinajstić information content (AvgIpc) is 3.06. The monoisotopic (exact) mass is 417 g/mol. The summed E-state index contributed by atoms with van der Waals surface area (Å²) in [4.78, 5) is 17.6. The summed E-state index contributed by atoms with van der Waals surface area (Å²) in [5, 5.41) is 3.60. The quantitative estimate of drug-likeness (QED) is 0.424. The van der Waals surface area contributed by atoms with Gasteiger partial charge in [0.05, 0.1) is 16.1 Å². The number of halogens is 1. The molecule has 0 aliphatic heterocycles. The summed E-state index contributed by atoms with van der Waals surface area (Å²) in [6.07, 6.45) is 0. The highest BCUT2D eigenvalue weighted by molar-refractivity contribution is 6.33. The fraction of sp³-hybridized carbons (Fsp3) is 0.200. The number of carbonyl (C=O) groups excluding carboxylic acids is 1. The molecule has 4 rings (SSSR count). The number of amides is 1. The van der Waals surface area contributed by atoms with Gasteiger partial charge in [-0.1, -0.05) is 68.8 Å². The van der Waals surface area contributed by atoms with Crippen LogP contribution in [0.25, 0.3) is 22.4 Å². The number of imidazole rings is 1. The first-order chi connectivity index (χ1) is 14.3. The third-order valence-electron chi connectivity index (χ3n) is 5.11. The predicted octanol–water partition coefficient (Wildman–Crippen LogP) is 6.29. The van der Waals surface area contributed by atoms with Crippen molar-refractivity contribution in [1.82, 2.24) is 9.55 Å². The SMILES string of the molecule is CC(C)(C)c1ccc(NC(=O)Cn2c(-c3ccccc3Cl)nc3ccccc32)cc1. The van der Waals surface area contributed by atoms with Crippen molar-refractivity contribution in [3.8, 4) is 11.4 Å². The molecule has 0 saturated heterocycles. The van der Waals surface area contributed by atoms with Gasteiger partial charge in [-0.15, -0.1) is 0 Å². The molecule has 0 unspecified atom stereocenters. The number of carbonyl (C=O) groups is 1. The number of hydrogen-bond donors (Lipinski definition) is 1. The Bertz CT molecular complexity index is 1200. The summed E-state index contributed by atoms with van der Waals surface area (Å²) in [6.45, 7) is 6.64. The predicted molar refractivity (Wildman–Crippen MR) is 124 cm³/mol. The molecule has 3 aromatic carbocycles. The lowest BCUT2D eigenvalue weighted by atomic mass is 9.87. The second-order valence-corrected chi connectivity index (χ2v) is 8.77. The number of fused-ring (bicyclic) bond motifs is 1. The molecule has 5 heteroatoms. The molecule has 0 atom stereocenters. The number of aromatic nitrogens is 2. The highest BCUT2D eigenvalue weighted by Gasteiger charge is 2.17. The van der Waals surface area contributed by atoms with Gasteiger partial charge in [-0.2, -0.15) is 0 Å². The Balaban J connectivity index is 1.64. The molecule has 0 bridgehead atoms.